The molecule has 0 rings (SSSR count). The summed E-state index contributed by atoms with van der Waals surface area (Å²) in [5.41, 5.74) is 0. The molecule has 0 saturated carbocycles. The van der Waals surface area contributed by atoms with Gasteiger partial charge >= 0.3 is 6.03 Å². The molecule has 0 heterocycles. The van der Waals surface area contributed by atoms with Gasteiger partial charge in [-0.15, -0.1) is 0 Å². The molecule has 1 unspecified atom stereocenters. The largest absolute Gasteiger partial charge is 0.338 e. The molecule has 0 radical (unpaired) electrons. The zero-order valence-corrected chi connectivity index (χ0v) is 13.5. The lowest BCUT2D eigenvalue weighted by Crippen LogP contribution is -2.47. The summed E-state index contributed by atoms with van der Waals surface area (Å²) in [6.07, 6.45) is 3.27. The van der Waals surface area contributed by atoms with Gasteiger partial charge < -0.3 is 10.6 Å². The number of unbranched alkanes of at least 4 members (excludes halogenated alkanes) is 1. The van der Waals surface area contributed by atoms with Crippen LogP contribution in [-0.2, 0) is 0 Å². The molecule has 0 aliphatic rings. The lowest BCUT2D eigenvalue weighted by Gasteiger charge is -2.31. The minimum absolute atomic E-state index is 0.0330. The number of urea groups is 1. The van der Waals surface area contributed by atoms with Crippen molar-refractivity contribution in [2.24, 2.45) is 5.92 Å². The van der Waals surface area contributed by atoms with Crippen molar-refractivity contribution in [3.8, 4) is 0 Å². The normalized spacial score (nSPS) is 12.8. The molecule has 0 spiro atoms. The third-order valence-electron chi connectivity index (χ3n) is 3.39. The van der Waals surface area contributed by atoms with E-state index in [9.17, 15) is 4.79 Å². The van der Waals surface area contributed by atoms with Crippen molar-refractivity contribution in [1.29, 1.82) is 0 Å². The van der Waals surface area contributed by atoms with E-state index >= 15 is 0 Å². The Morgan fingerprint density at radius 1 is 1.11 bits per heavy atom. The summed E-state index contributed by atoms with van der Waals surface area (Å²) in [6.45, 7) is 14.5. The van der Waals surface area contributed by atoms with Crippen LogP contribution in [0.1, 0.15) is 53.9 Å². The quantitative estimate of drug-likeness (QED) is 0.600. The van der Waals surface area contributed by atoms with Crippen molar-refractivity contribution < 1.29 is 4.79 Å². The Hall–Kier alpha value is -0.770. The maximum Gasteiger partial charge on any atom is 0.314 e. The summed E-state index contributed by atoms with van der Waals surface area (Å²) in [5, 5.41) is 5.90. The Morgan fingerprint density at radius 3 is 2.21 bits per heavy atom. The molecule has 4 heteroatoms. The van der Waals surface area contributed by atoms with Crippen LogP contribution >= 0.6 is 0 Å². The number of hydrogen-bond donors (Lipinski definition) is 2. The topological polar surface area (TPSA) is 44.4 Å². The molecule has 0 aromatic carbocycles. The van der Waals surface area contributed by atoms with Crippen LogP contribution in [0.2, 0.25) is 0 Å². The van der Waals surface area contributed by atoms with Crippen LogP contribution in [0.25, 0.3) is 0 Å². The Kier molecular flexibility index (Phi) is 10.6. The second-order valence-electron chi connectivity index (χ2n) is 5.49. The Labute approximate surface area is 119 Å². The van der Waals surface area contributed by atoms with Gasteiger partial charge in [-0.05, 0) is 31.8 Å². The average Bonchev–Trinajstić information content (AvgIpc) is 2.37. The van der Waals surface area contributed by atoms with E-state index in [1.165, 1.54) is 0 Å². The van der Waals surface area contributed by atoms with Crippen LogP contribution in [-0.4, -0.2) is 43.2 Å². The minimum Gasteiger partial charge on any atom is -0.338 e. The monoisotopic (exact) mass is 271 g/mol. The zero-order chi connectivity index (χ0) is 14.7. The molecule has 4 nitrogen and oxygen atoms in total. The highest BCUT2D eigenvalue weighted by Gasteiger charge is 2.17. The molecule has 0 fully saturated rings. The Bertz CT molecular complexity index is 227. The molecule has 0 aliphatic heterocycles. The van der Waals surface area contributed by atoms with Crippen molar-refractivity contribution >= 4 is 6.03 Å². The number of carbonyl (C=O) groups excluding carboxylic acids is 1. The van der Waals surface area contributed by atoms with Gasteiger partial charge in [-0.3, -0.25) is 4.90 Å². The average molecular weight is 271 g/mol. The first kappa shape index (κ1) is 18.2. The van der Waals surface area contributed by atoms with Crippen LogP contribution in [0.15, 0.2) is 0 Å². The van der Waals surface area contributed by atoms with Gasteiger partial charge in [0.15, 0.2) is 0 Å². The molecule has 1 atom stereocenters. The Morgan fingerprint density at radius 2 is 1.74 bits per heavy atom. The highest BCUT2D eigenvalue weighted by molar-refractivity contribution is 5.73. The van der Waals surface area contributed by atoms with Crippen LogP contribution in [0.5, 0.6) is 0 Å². The predicted octanol–water partition coefficient (Wildman–Crippen LogP) is 2.84. The number of carbonyl (C=O) groups is 1. The van der Waals surface area contributed by atoms with Crippen molar-refractivity contribution in [2.75, 3.05) is 26.2 Å². The number of nitrogens with zero attached hydrogens (tertiary/aromatic N) is 1. The first-order valence-electron chi connectivity index (χ1n) is 7.80. The predicted molar refractivity (Wildman–Crippen MR) is 82.5 cm³/mol. The summed E-state index contributed by atoms with van der Waals surface area (Å²) >= 11 is 0. The van der Waals surface area contributed by atoms with E-state index in [2.05, 4.69) is 50.2 Å². The maximum absolute atomic E-state index is 11.7. The number of likely N-dealkylation sites (N-methyl/N-ethyl adjacent to an activating group) is 1. The molecule has 2 N–H and O–H groups in total. The van der Waals surface area contributed by atoms with Crippen molar-refractivity contribution in [1.82, 2.24) is 15.5 Å². The second kappa shape index (κ2) is 11.1. The molecule has 0 aliphatic carbocycles. The summed E-state index contributed by atoms with van der Waals surface area (Å²) in [6, 6.07) is 0.404. The van der Waals surface area contributed by atoms with Crippen LogP contribution in [0.4, 0.5) is 4.79 Å². The van der Waals surface area contributed by atoms with Crippen molar-refractivity contribution in [3.05, 3.63) is 0 Å². The van der Waals surface area contributed by atoms with Gasteiger partial charge in [0.2, 0.25) is 0 Å². The number of hydrogen-bond acceptors (Lipinski definition) is 2. The van der Waals surface area contributed by atoms with Crippen molar-refractivity contribution in [2.45, 2.75) is 59.9 Å². The van der Waals surface area contributed by atoms with E-state index in [4.69, 9.17) is 0 Å². The Balaban J connectivity index is 4.13. The molecule has 0 bridgehead atoms. The van der Waals surface area contributed by atoms with E-state index in [0.29, 0.717) is 12.0 Å². The number of rotatable bonds is 10. The van der Waals surface area contributed by atoms with Gasteiger partial charge in [0.05, 0.1) is 0 Å². The number of amides is 2. The van der Waals surface area contributed by atoms with E-state index in [-0.39, 0.29) is 6.03 Å². The molecule has 2 amide bonds. The summed E-state index contributed by atoms with van der Waals surface area (Å²) in [4.78, 5) is 14.1. The SMILES string of the molecule is CCCCNC(=O)NCC(CC(C)C)N(CC)CC. The fraction of sp³-hybridized carbons (Fsp3) is 0.933. The van der Waals surface area contributed by atoms with Crippen LogP contribution in [0, 0.1) is 5.92 Å². The molecule has 114 valence electrons. The first-order chi connectivity index (χ1) is 9.04. The zero-order valence-electron chi connectivity index (χ0n) is 13.5. The molecule has 0 aromatic rings. The minimum atomic E-state index is -0.0330. The summed E-state index contributed by atoms with van der Waals surface area (Å²) in [7, 11) is 0. The fourth-order valence-electron chi connectivity index (χ4n) is 2.30. The number of nitrogens with one attached hydrogen (secondary N) is 2. The van der Waals surface area contributed by atoms with Gasteiger partial charge in [-0.25, -0.2) is 4.79 Å². The summed E-state index contributed by atoms with van der Waals surface area (Å²) < 4.78 is 0. The fourth-order valence-corrected chi connectivity index (χ4v) is 2.30. The molecular formula is C15H33N3O. The van der Waals surface area contributed by atoms with Crippen molar-refractivity contribution in [3.63, 3.8) is 0 Å². The highest BCUT2D eigenvalue weighted by Crippen LogP contribution is 2.10. The van der Waals surface area contributed by atoms with Gasteiger partial charge in [0.1, 0.15) is 0 Å². The highest BCUT2D eigenvalue weighted by atomic mass is 16.2. The van der Waals surface area contributed by atoms with Gasteiger partial charge in [-0.2, -0.15) is 0 Å². The third kappa shape index (κ3) is 8.87. The van der Waals surface area contributed by atoms with Crippen LogP contribution in [0.3, 0.4) is 0 Å². The maximum atomic E-state index is 11.7. The lowest BCUT2D eigenvalue weighted by molar-refractivity contribution is 0.184. The second-order valence-corrected chi connectivity index (χ2v) is 5.49. The lowest BCUT2D eigenvalue weighted by atomic mass is 10.0. The molecule has 19 heavy (non-hydrogen) atoms. The van der Waals surface area contributed by atoms with E-state index in [1.807, 2.05) is 0 Å². The molecule has 0 saturated heterocycles. The van der Waals surface area contributed by atoms with Crippen LogP contribution < -0.4 is 10.6 Å². The van der Waals surface area contributed by atoms with Gasteiger partial charge in [0, 0.05) is 19.1 Å². The smallest absolute Gasteiger partial charge is 0.314 e. The third-order valence-corrected chi connectivity index (χ3v) is 3.39. The summed E-state index contributed by atoms with van der Waals surface area (Å²) in [5.74, 6) is 0.649. The van der Waals surface area contributed by atoms with Gasteiger partial charge in [0.25, 0.3) is 0 Å². The van der Waals surface area contributed by atoms with E-state index < -0.39 is 0 Å². The van der Waals surface area contributed by atoms with Gasteiger partial charge in [-0.1, -0.05) is 41.0 Å². The molecule has 0 aromatic heterocycles. The standard InChI is InChI=1S/C15H33N3O/c1-6-9-10-16-15(19)17-12-14(11-13(4)5)18(7-2)8-3/h13-14H,6-12H2,1-5H3,(H2,16,17,19). The molecular weight excluding hydrogens is 238 g/mol. The first-order valence-corrected chi connectivity index (χ1v) is 7.80. The van der Waals surface area contributed by atoms with E-state index in [0.717, 1.165) is 45.4 Å². The van der Waals surface area contributed by atoms with E-state index in [1.54, 1.807) is 0 Å².